The highest BCUT2D eigenvalue weighted by molar-refractivity contribution is 7.22. The predicted octanol–water partition coefficient (Wildman–Crippen LogP) is 4.45. The Hall–Kier alpha value is -2.57. The summed E-state index contributed by atoms with van der Waals surface area (Å²) < 4.78 is 0.930. The Morgan fingerprint density at radius 1 is 1.17 bits per heavy atom. The van der Waals surface area contributed by atoms with Gasteiger partial charge in [-0.25, -0.2) is 9.97 Å². The van der Waals surface area contributed by atoms with Gasteiger partial charge in [-0.05, 0) is 36.8 Å². The maximum atomic E-state index is 12.4. The number of aryl methyl sites for hydroxylation is 1. The zero-order chi connectivity index (χ0) is 16.7. The zero-order valence-corrected chi connectivity index (χ0v) is 14.1. The highest BCUT2D eigenvalue weighted by Crippen LogP contribution is 2.31. The van der Waals surface area contributed by atoms with E-state index in [1.807, 2.05) is 43.3 Å². The third kappa shape index (κ3) is 2.70. The van der Waals surface area contributed by atoms with Gasteiger partial charge in [-0.3, -0.25) is 15.1 Å². The highest BCUT2D eigenvalue weighted by atomic mass is 35.5. The van der Waals surface area contributed by atoms with Crippen molar-refractivity contribution in [1.29, 1.82) is 0 Å². The molecule has 0 saturated carbocycles. The number of benzene rings is 2. The number of carbonyl (C=O) groups is 1. The molecule has 0 aliphatic heterocycles. The fraction of sp³-hybridized carbons (Fsp3) is 0.0588. The number of fused-ring (bicyclic) bond motifs is 2. The second-order valence-corrected chi connectivity index (χ2v) is 6.75. The van der Waals surface area contributed by atoms with E-state index in [0.717, 1.165) is 21.3 Å². The van der Waals surface area contributed by atoms with Gasteiger partial charge in [0, 0.05) is 5.02 Å². The van der Waals surface area contributed by atoms with Crippen LogP contribution in [-0.2, 0) is 0 Å². The molecule has 0 fully saturated rings. The van der Waals surface area contributed by atoms with Gasteiger partial charge in [0.15, 0.2) is 5.13 Å². The number of amides is 1. The van der Waals surface area contributed by atoms with Gasteiger partial charge in [-0.1, -0.05) is 35.1 Å². The van der Waals surface area contributed by atoms with Gasteiger partial charge >= 0.3 is 0 Å². The molecule has 5 nitrogen and oxygen atoms in total. The van der Waals surface area contributed by atoms with Crippen LogP contribution in [0.5, 0.6) is 0 Å². The molecule has 2 aromatic heterocycles. The van der Waals surface area contributed by atoms with Crippen LogP contribution < -0.4 is 5.32 Å². The molecule has 0 saturated heterocycles. The van der Waals surface area contributed by atoms with Gasteiger partial charge in [0.1, 0.15) is 5.69 Å². The number of rotatable bonds is 2. The van der Waals surface area contributed by atoms with Crippen molar-refractivity contribution in [2.75, 3.05) is 5.32 Å². The second kappa shape index (κ2) is 5.81. The Morgan fingerprint density at radius 2 is 1.96 bits per heavy atom. The molecular formula is C17H11ClN4OS. The minimum absolute atomic E-state index is 0.253. The number of para-hydroxylation sites is 2. The summed E-state index contributed by atoms with van der Waals surface area (Å²) >= 11 is 7.44. The Kier molecular flexibility index (Phi) is 3.63. The number of nitrogens with one attached hydrogen (secondary N) is 1. The van der Waals surface area contributed by atoms with Crippen LogP contribution in [0.4, 0.5) is 5.13 Å². The van der Waals surface area contributed by atoms with E-state index in [1.165, 1.54) is 17.5 Å². The van der Waals surface area contributed by atoms with E-state index in [2.05, 4.69) is 20.3 Å². The van der Waals surface area contributed by atoms with E-state index in [1.54, 1.807) is 0 Å². The van der Waals surface area contributed by atoms with Crippen molar-refractivity contribution >= 4 is 55.2 Å². The van der Waals surface area contributed by atoms with Crippen molar-refractivity contribution in [1.82, 2.24) is 15.0 Å². The lowest BCUT2D eigenvalue weighted by atomic mass is 10.2. The van der Waals surface area contributed by atoms with Crippen molar-refractivity contribution in [2.45, 2.75) is 6.92 Å². The molecule has 1 amide bonds. The van der Waals surface area contributed by atoms with Gasteiger partial charge in [0.05, 0.1) is 27.4 Å². The van der Waals surface area contributed by atoms with E-state index in [4.69, 9.17) is 11.6 Å². The molecule has 0 unspecified atom stereocenters. The number of halogens is 1. The summed E-state index contributed by atoms with van der Waals surface area (Å²) in [4.78, 5) is 25.5. The summed E-state index contributed by atoms with van der Waals surface area (Å²) in [6, 6.07) is 11.1. The minimum Gasteiger partial charge on any atom is -0.296 e. The lowest BCUT2D eigenvalue weighted by Gasteiger charge is -2.02. The molecule has 0 radical (unpaired) electrons. The summed E-state index contributed by atoms with van der Waals surface area (Å²) in [5, 5.41) is 3.95. The van der Waals surface area contributed by atoms with Gasteiger partial charge in [0.25, 0.3) is 5.91 Å². The molecule has 0 spiro atoms. The van der Waals surface area contributed by atoms with E-state index >= 15 is 0 Å². The molecule has 2 aromatic carbocycles. The fourth-order valence-corrected chi connectivity index (χ4v) is 3.75. The molecule has 4 aromatic rings. The molecule has 24 heavy (non-hydrogen) atoms. The van der Waals surface area contributed by atoms with Crippen molar-refractivity contribution in [3.63, 3.8) is 0 Å². The average molecular weight is 355 g/mol. The van der Waals surface area contributed by atoms with Crippen molar-refractivity contribution in [2.24, 2.45) is 0 Å². The first-order valence-electron chi connectivity index (χ1n) is 7.20. The Labute approximate surface area is 146 Å². The van der Waals surface area contributed by atoms with Crippen LogP contribution in [0.15, 0.2) is 42.6 Å². The topological polar surface area (TPSA) is 67.8 Å². The van der Waals surface area contributed by atoms with E-state index in [0.29, 0.717) is 15.7 Å². The Morgan fingerprint density at radius 3 is 2.79 bits per heavy atom. The SMILES string of the molecule is Cc1cc(Cl)cc2sc(NC(=O)c3cnc4ccccc4n3)nc12. The van der Waals surface area contributed by atoms with Crippen molar-refractivity contribution < 1.29 is 4.79 Å². The van der Waals surface area contributed by atoms with Crippen LogP contribution in [0, 0.1) is 6.92 Å². The lowest BCUT2D eigenvalue weighted by Crippen LogP contribution is -2.13. The minimum atomic E-state index is -0.337. The van der Waals surface area contributed by atoms with Crippen LogP contribution in [0.2, 0.25) is 5.02 Å². The summed E-state index contributed by atoms with van der Waals surface area (Å²) in [5.74, 6) is -0.337. The van der Waals surface area contributed by atoms with Crippen LogP contribution in [0.25, 0.3) is 21.3 Å². The van der Waals surface area contributed by atoms with E-state index in [-0.39, 0.29) is 11.6 Å². The average Bonchev–Trinajstić information content (AvgIpc) is 2.97. The highest BCUT2D eigenvalue weighted by Gasteiger charge is 2.13. The van der Waals surface area contributed by atoms with Gasteiger partial charge < -0.3 is 0 Å². The number of nitrogens with zero attached hydrogens (tertiary/aromatic N) is 3. The largest absolute Gasteiger partial charge is 0.296 e. The molecule has 118 valence electrons. The number of thiazole rings is 1. The second-order valence-electron chi connectivity index (χ2n) is 5.29. The van der Waals surface area contributed by atoms with Crippen LogP contribution in [-0.4, -0.2) is 20.9 Å². The molecule has 0 atom stereocenters. The van der Waals surface area contributed by atoms with Crippen LogP contribution in [0.3, 0.4) is 0 Å². The normalized spacial score (nSPS) is 11.1. The first kappa shape index (κ1) is 15.0. The van der Waals surface area contributed by atoms with Crippen molar-refractivity contribution in [3.8, 4) is 0 Å². The Balaban J connectivity index is 1.66. The van der Waals surface area contributed by atoms with Gasteiger partial charge in [-0.15, -0.1) is 0 Å². The summed E-state index contributed by atoms with van der Waals surface area (Å²) in [7, 11) is 0. The standard InChI is InChI=1S/C17H11ClN4OS/c1-9-6-10(18)7-14-15(9)21-17(24-14)22-16(23)13-8-19-11-4-2-3-5-12(11)20-13/h2-8H,1H3,(H,21,22,23). The Bertz CT molecular complexity index is 1090. The van der Waals surface area contributed by atoms with Crippen LogP contribution >= 0.6 is 22.9 Å². The first-order chi connectivity index (χ1) is 11.6. The van der Waals surface area contributed by atoms with Gasteiger partial charge in [-0.2, -0.15) is 0 Å². The molecule has 1 N–H and O–H groups in total. The molecule has 7 heteroatoms. The third-order valence-electron chi connectivity index (χ3n) is 3.55. The smallest absolute Gasteiger partial charge is 0.277 e. The monoisotopic (exact) mass is 354 g/mol. The summed E-state index contributed by atoms with van der Waals surface area (Å²) in [6.45, 7) is 1.94. The number of hydrogen-bond donors (Lipinski definition) is 1. The zero-order valence-electron chi connectivity index (χ0n) is 12.6. The molecule has 0 aliphatic carbocycles. The lowest BCUT2D eigenvalue weighted by molar-refractivity contribution is 0.102. The number of aromatic nitrogens is 3. The van der Waals surface area contributed by atoms with Gasteiger partial charge in [0.2, 0.25) is 0 Å². The molecule has 0 aliphatic rings. The molecule has 0 bridgehead atoms. The van der Waals surface area contributed by atoms with E-state index in [9.17, 15) is 4.79 Å². The number of carbonyl (C=O) groups excluding carboxylic acids is 1. The summed E-state index contributed by atoms with van der Waals surface area (Å²) in [6.07, 6.45) is 1.47. The third-order valence-corrected chi connectivity index (χ3v) is 4.69. The van der Waals surface area contributed by atoms with Crippen LogP contribution in [0.1, 0.15) is 16.1 Å². The molecular weight excluding hydrogens is 344 g/mol. The predicted molar refractivity (Wildman–Crippen MR) is 96.9 cm³/mol. The molecule has 2 heterocycles. The summed E-state index contributed by atoms with van der Waals surface area (Å²) in [5.41, 5.74) is 3.49. The fourth-order valence-electron chi connectivity index (χ4n) is 2.44. The maximum absolute atomic E-state index is 12.4. The van der Waals surface area contributed by atoms with Crippen molar-refractivity contribution in [3.05, 3.63) is 58.9 Å². The molecule has 4 rings (SSSR count). The maximum Gasteiger partial charge on any atom is 0.277 e. The number of anilines is 1. The number of hydrogen-bond acceptors (Lipinski definition) is 5. The quantitative estimate of drug-likeness (QED) is 0.577. The first-order valence-corrected chi connectivity index (χ1v) is 8.39. The van der Waals surface area contributed by atoms with E-state index < -0.39 is 0 Å².